The zero-order valence-electron chi connectivity index (χ0n) is 41.8. The molecule has 0 radical (unpaired) electrons. The van der Waals surface area contributed by atoms with Gasteiger partial charge in [-0.25, -0.2) is 0 Å². The molecule has 11 nitrogen and oxygen atoms in total. The fourth-order valence-electron chi connectivity index (χ4n) is 11.3. The molecule has 8 atom stereocenters. The van der Waals surface area contributed by atoms with Crippen molar-refractivity contribution in [3.63, 3.8) is 0 Å². The Balaban J connectivity index is 1.22. The fourth-order valence-corrected chi connectivity index (χ4v) is 11.3. The molecular formula is C55H80N4O7. The van der Waals surface area contributed by atoms with Gasteiger partial charge in [-0.1, -0.05) is 93.4 Å². The van der Waals surface area contributed by atoms with E-state index in [-0.39, 0.29) is 60.8 Å². The largest absolute Gasteiger partial charge is 0.510 e. The molecule has 0 unspecified atom stereocenters. The van der Waals surface area contributed by atoms with E-state index in [1.807, 2.05) is 26.0 Å². The molecule has 2 fully saturated rings. The van der Waals surface area contributed by atoms with Gasteiger partial charge >= 0.3 is 11.9 Å². The van der Waals surface area contributed by atoms with Crippen molar-refractivity contribution in [2.75, 3.05) is 20.3 Å². The third kappa shape index (κ3) is 11.1. The predicted octanol–water partition coefficient (Wildman–Crippen LogP) is 9.69. The second kappa shape index (κ2) is 22.4. The van der Waals surface area contributed by atoms with E-state index in [1.54, 1.807) is 6.92 Å². The molecule has 8 bridgehead atoms. The number of Topliss-reactive ketones (excluding diaryl/α,β-unsaturated/α-hetero) is 1. The van der Waals surface area contributed by atoms with E-state index in [9.17, 15) is 24.6 Å². The minimum Gasteiger partial charge on any atom is -0.510 e. The van der Waals surface area contributed by atoms with E-state index in [4.69, 9.17) is 9.47 Å². The van der Waals surface area contributed by atoms with Gasteiger partial charge in [-0.05, 0) is 117 Å². The number of H-pyrrole nitrogens is 2. The molecule has 3 aliphatic heterocycles. The number of nitrogens with one attached hydrogen (secondary N) is 4. The van der Waals surface area contributed by atoms with Crippen LogP contribution in [0, 0.1) is 61.2 Å². The van der Waals surface area contributed by atoms with E-state index in [0.717, 1.165) is 88.4 Å². The van der Waals surface area contributed by atoms with Crippen molar-refractivity contribution < 1.29 is 34.1 Å². The SMILES string of the molecule is CC[C@H]1/C2=C/c3[nH]c4c(c3C)=C(O)[C@H](C(=O)OC)C=4[C@H]3N/C(=C\c4[nH]c(c(C(C)=O)c4C)/C=C(\N2)[C@@H]1C)[C@@H](C)[C@@H]3CCC(=O)OC/C=C(\CO)CCC[C@H](C)CCC[C@H](C)CCCC(C)C. The molecule has 6 N–H and O–H groups in total. The molecule has 2 aromatic heterocycles. The number of rotatable bonds is 21. The van der Waals surface area contributed by atoms with Crippen molar-refractivity contribution in [1.29, 1.82) is 0 Å². The molecule has 66 heavy (non-hydrogen) atoms. The van der Waals surface area contributed by atoms with Crippen molar-refractivity contribution in [1.82, 2.24) is 20.6 Å². The van der Waals surface area contributed by atoms with E-state index in [0.29, 0.717) is 34.0 Å². The van der Waals surface area contributed by atoms with Gasteiger partial charge in [-0.15, -0.1) is 0 Å². The van der Waals surface area contributed by atoms with Crippen LogP contribution in [0.3, 0.4) is 0 Å². The smallest absolute Gasteiger partial charge is 0.320 e. The first-order valence-corrected chi connectivity index (χ1v) is 25.1. The first-order valence-electron chi connectivity index (χ1n) is 25.1. The highest BCUT2D eigenvalue weighted by atomic mass is 16.5. The van der Waals surface area contributed by atoms with Crippen LogP contribution in [0.1, 0.15) is 171 Å². The summed E-state index contributed by atoms with van der Waals surface area (Å²) in [4.78, 5) is 47.6. The lowest BCUT2D eigenvalue weighted by atomic mass is 9.80. The Morgan fingerprint density at radius 2 is 1.45 bits per heavy atom. The summed E-state index contributed by atoms with van der Waals surface area (Å²) in [6.07, 6.45) is 20.1. The normalized spacial score (nSPS) is 25.7. The lowest BCUT2D eigenvalue weighted by Crippen LogP contribution is -2.38. The number of fused-ring (bicyclic) bond motifs is 8. The van der Waals surface area contributed by atoms with E-state index >= 15 is 0 Å². The molecular weight excluding hydrogens is 829 g/mol. The minimum absolute atomic E-state index is 0.0299. The number of hydrogen-bond donors (Lipinski definition) is 6. The lowest BCUT2D eigenvalue weighted by Gasteiger charge is -2.26. The molecule has 2 aromatic rings. The van der Waals surface area contributed by atoms with E-state index in [1.165, 1.54) is 45.6 Å². The molecule has 0 aromatic carbocycles. The summed E-state index contributed by atoms with van der Waals surface area (Å²) in [5.41, 5.74) is 9.18. The number of methoxy groups -OCH3 is 1. The van der Waals surface area contributed by atoms with Crippen LogP contribution in [-0.2, 0) is 19.1 Å². The maximum Gasteiger partial charge on any atom is 0.320 e. The van der Waals surface area contributed by atoms with Crippen LogP contribution in [0.5, 0.6) is 0 Å². The Hall–Kier alpha value is -4.77. The molecule has 0 saturated carbocycles. The number of ketones is 1. The molecule has 4 aliphatic rings. The zero-order chi connectivity index (χ0) is 48.0. The van der Waals surface area contributed by atoms with Crippen molar-refractivity contribution in [3.8, 4) is 0 Å². The fraction of sp³-hybridized carbons (Fsp3) is 0.618. The Morgan fingerprint density at radius 3 is 2.09 bits per heavy atom. The van der Waals surface area contributed by atoms with Crippen molar-refractivity contribution in [2.45, 2.75) is 152 Å². The van der Waals surface area contributed by atoms with Crippen LogP contribution in [0.4, 0.5) is 0 Å². The summed E-state index contributed by atoms with van der Waals surface area (Å²) >= 11 is 0. The van der Waals surface area contributed by atoms with Crippen molar-refractivity contribution in [2.24, 2.45) is 47.3 Å². The molecule has 362 valence electrons. The molecule has 0 amide bonds. The Bertz CT molecular complexity index is 2360. The van der Waals surface area contributed by atoms with Crippen molar-refractivity contribution >= 4 is 47.3 Å². The van der Waals surface area contributed by atoms with Gasteiger partial charge in [0.15, 0.2) is 5.78 Å². The number of carbonyl (C=O) groups excluding carboxylic acids is 3. The maximum absolute atomic E-state index is 13.7. The monoisotopic (exact) mass is 909 g/mol. The summed E-state index contributed by atoms with van der Waals surface area (Å²) in [5, 5.41) is 30.8. The van der Waals surface area contributed by atoms with Crippen LogP contribution in [0.2, 0.25) is 0 Å². The number of aromatic amines is 2. The second-order valence-corrected chi connectivity index (χ2v) is 20.6. The Morgan fingerprint density at radius 1 is 0.818 bits per heavy atom. The number of ether oxygens (including phenoxy) is 2. The van der Waals surface area contributed by atoms with Crippen LogP contribution in [-0.4, -0.2) is 64.3 Å². The predicted molar refractivity (Wildman–Crippen MR) is 265 cm³/mol. The van der Waals surface area contributed by atoms with Gasteiger partial charge in [-0.3, -0.25) is 14.4 Å². The number of carbonyl (C=O) groups is 3. The summed E-state index contributed by atoms with van der Waals surface area (Å²) < 4.78 is 11.1. The Labute approximate surface area is 393 Å². The number of hydrogen-bond acceptors (Lipinski definition) is 9. The third-order valence-electron chi connectivity index (χ3n) is 15.4. The maximum atomic E-state index is 13.7. The van der Waals surface area contributed by atoms with E-state index < -0.39 is 17.9 Å². The quantitative estimate of drug-likeness (QED) is 0.0406. The first kappa shape index (κ1) is 50.6. The topological polar surface area (TPSA) is 166 Å². The van der Waals surface area contributed by atoms with Crippen molar-refractivity contribution in [3.05, 3.63) is 73.1 Å². The summed E-state index contributed by atoms with van der Waals surface area (Å²) in [6.45, 7) is 21.3. The van der Waals surface area contributed by atoms with E-state index in [2.05, 4.69) is 81.2 Å². The number of aliphatic hydroxyl groups is 2. The molecule has 1 aliphatic carbocycles. The highest BCUT2D eigenvalue weighted by molar-refractivity contribution is 6.00. The highest BCUT2D eigenvalue weighted by Gasteiger charge is 2.47. The second-order valence-electron chi connectivity index (χ2n) is 20.6. The number of esters is 2. The molecule has 2 saturated heterocycles. The number of aliphatic hydroxyl groups excluding tert-OH is 2. The van der Waals surface area contributed by atoms with Crippen LogP contribution in [0.15, 0.2) is 28.7 Å². The zero-order valence-corrected chi connectivity index (χ0v) is 41.8. The summed E-state index contributed by atoms with van der Waals surface area (Å²) in [5.74, 6) is 0.195. The van der Waals surface area contributed by atoms with Gasteiger partial charge < -0.3 is 40.3 Å². The van der Waals surface area contributed by atoms with Gasteiger partial charge in [0.1, 0.15) is 18.3 Å². The average Bonchev–Trinajstić information content (AvgIpc) is 4.02. The average molecular weight is 909 g/mol. The molecule has 11 heteroatoms. The van der Waals surface area contributed by atoms with Crippen LogP contribution < -0.4 is 21.2 Å². The molecule has 5 heterocycles. The first-order chi connectivity index (χ1) is 31.5. The van der Waals surface area contributed by atoms with Gasteiger partial charge in [0.25, 0.3) is 0 Å². The summed E-state index contributed by atoms with van der Waals surface area (Å²) in [6, 6.07) is -0.471. The molecule has 6 rings (SSSR count). The number of allylic oxidation sites excluding steroid dienone is 3. The minimum atomic E-state index is -1.04. The Kier molecular flexibility index (Phi) is 17.1. The standard InChI is InChI=1S/C55H80N4O7/c1-12-39-33(6)41-28-46-48(37(10)61)35(8)43(57-46)26-42-34(7)40(52(58-42)50-51(55(64)65-11)54(63)49-36(9)44(59-53(49)50)27-45(39)56-41)22-23-47(62)66-25-24-38(29-60)21-15-20-32(5)19-14-18-31(4)17-13-16-30(2)3/h24,26-28,30-34,39-40,51-52,56-60,63H,12-23,25,29H2,1-11H3/b38-24-,41-28-,42-26-,45-27-/t31-,32-,33-,34+,39-,40+,51-,52+/m1/s1. The summed E-state index contributed by atoms with van der Waals surface area (Å²) in [7, 11) is 1.33. The third-order valence-corrected chi connectivity index (χ3v) is 15.4. The highest BCUT2D eigenvalue weighted by Crippen LogP contribution is 2.43. The number of aromatic nitrogens is 2. The van der Waals surface area contributed by atoms with Crippen LogP contribution >= 0.6 is 0 Å². The molecule has 0 spiro atoms. The van der Waals surface area contributed by atoms with Gasteiger partial charge in [-0.2, -0.15) is 0 Å². The van der Waals surface area contributed by atoms with Gasteiger partial charge in [0.05, 0.1) is 30.8 Å². The lowest BCUT2D eigenvalue weighted by molar-refractivity contribution is -0.143. The van der Waals surface area contributed by atoms with Gasteiger partial charge in [0, 0.05) is 63.4 Å². The van der Waals surface area contributed by atoms with Crippen LogP contribution in [0.25, 0.3) is 29.6 Å². The van der Waals surface area contributed by atoms with Gasteiger partial charge in [0.2, 0.25) is 0 Å².